The summed E-state index contributed by atoms with van der Waals surface area (Å²) in [5.41, 5.74) is 4.02. The topological polar surface area (TPSA) is 38.1 Å². The summed E-state index contributed by atoms with van der Waals surface area (Å²) >= 11 is 6.27. The minimum atomic E-state index is 0.101. The largest absolute Gasteiger partial charge is 0.339 e. The Kier molecular flexibility index (Phi) is 6.15. The fourth-order valence-electron chi connectivity index (χ4n) is 3.44. The van der Waals surface area contributed by atoms with Crippen molar-refractivity contribution in [2.75, 3.05) is 13.1 Å². The van der Waals surface area contributed by atoms with Crippen molar-refractivity contribution in [3.63, 3.8) is 0 Å². The van der Waals surface area contributed by atoms with E-state index in [1.54, 1.807) is 6.08 Å². The van der Waals surface area contributed by atoms with Crippen LogP contribution in [0.2, 0.25) is 5.02 Å². The van der Waals surface area contributed by atoms with Crippen LogP contribution in [0.4, 0.5) is 0 Å². The van der Waals surface area contributed by atoms with E-state index in [-0.39, 0.29) is 5.91 Å². The molecule has 1 aromatic heterocycles. The van der Waals surface area contributed by atoms with Gasteiger partial charge in [-0.2, -0.15) is 5.10 Å². The van der Waals surface area contributed by atoms with Crippen LogP contribution in [-0.4, -0.2) is 33.7 Å². The van der Waals surface area contributed by atoms with Gasteiger partial charge in [-0.15, -0.1) is 0 Å². The Morgan fingerprint density at radius 2 is 1.85 bits per heavy atom. The summed E-state index contributed by atoms with van der Waals surface area (Å²) in [7, 11) is 0. The number of rotatable bonds is 4. The second-order valence-electron chi connectivity index (χ2n) is 6.91. The Morgan fingerprint density at radius 1 is 1.15 bits per heavy atom. The van der Waals surface area contributed by atoms with Crippen LogP contribution in [-0.2, 0) is 11.3 Å². The van der Waals surface area contributed by atoms with Crippen molar-refractivity contribution in [2.24, 2.45) is 0 Å². The van der Waals surface area contributed by atoms with E-state index in [1.165, 1.54) is 12.8 Å². The molecule has 1 saturated heterocycles. The van der Waals surface area contributed by atoms with E-state index in [1.807, 2.05) is 53.8 Å². The molecular formula is C21H26ClN3O. The normalized spacial score (nSPS) is 15.4. The quantitative estimate of drug-likeness (QED) is 0.735. The third-order valence-corrected chi connectivity index (χ3v) is 5.39. The molecule has 2 aromatic rings. The van der Waals surface area contributed by atoms with Crippen molar-refractivity contribution in [2.45, 2.75) is 46.1 Å². The van der Waals surface area contributed by atoms with E-state index in [4.69, 9.17) is 11.6 Å². The summed E-state index contributed by atoms with van der Waals surface area (Å²) in [6, 6.07) is 7.81. The van der Waals surface area contributed by atoms with Crippen LogP contribution in [0, 0.1) is 13.8 Å². The third kappa shape index (κ3) is 4.36. The molecule has 1 aromatic carbocycles. The molecule has 0 unspecified atom stereocenters. The lowest BCUT2D eigenvalue weighted by Gasteiger charge is -2.17. The first-order valence-corrected chi connectivity index (χ1v) is 9.68. The highest BCUT2D eigenvalue weighted by molar-refractivity contribution is 6.31. The standard InChI is InChI=1S/C21H26ClN3O/c1-16-19(11-12-21(26)24-13-7-3-4-8-14-24)17(2)25(23-16)15-18-9-5-6-10-20(18)22/h5-6,9-12H,3-4,7-8,13-15H2,1-2H3/b12-11+. The lowest BCUT2D eigenvalue weighted by molar-refractivity contribution is -0.125. The van der Waals surface area contributed by atoms with Gasteiger partial charge in [-0.05, 0) is 44.4 Å². The molecule has 1 aliphatic heterocycles. The number of hydrogen-bond donors (Lipinski definition) is 0. The van der Waals surface area contributed by atoms with Crippen LogP contribution in [0.15, 0.2) is 30.3 Å². The van der Waals surface area contributed by atoms with Gasteiger partial charge in [0.2, 0.25) is 5.91 Å². The average molecular weight is 372 g/mol. The number of aromatic nitrogens is 2. The molecule has 3 rings (SSSR count). The molecule has 1 fully saturated rings. The van der Waals surface area contributed by atoms with Gasteiger partial charge in [0.25, 0.3) is 0 Å². The maximum atomic E-state index is 12.5. The van der Waals surface area contributed by atoms with Gasteiger partial charge < -0.3 is 4.90 Å². The predicted molar refractivity (Wildman–Crippen MR) is 106 cm³/mol. The van der Waals surface area contributed by atoms with Crippen LogP contribution in [0.3, 0.4) is 0 Å². The summed E-state index contributed by atoms with van der Waals surface area (Å²) in [6.07, 6.45) is 8.26. The SMILES string of the molecule is Cc1nn(Cc2ccccc2Cl)c(C)c1/C=C/C(=O)N1CCCCCC1. The molecule has 2 heterocycles. The first-order valence-electron chi connectivity index (χ1n) is 9.30. The van der Waals surface area contributed by atoms with Gasteiger partial charge in [-0.25, -0.2) is 0 Å². The summed E-state index contributed by atoms with van der Waals surface area (Å²) in [6.45, 7) is 6.37. The van der Waals surface area contributed by atoms with Gasteiger partial charge in [-0.3, -0.25) is 9.48 Å². The maximum Gasteiger partial charge on any atom is 0.246 e. The highest BCUT2D eigenvalue weighted by atomic mass is 35.5. The number of hydrogen-bond acceptors (Lipinski definition) is 2. The molecule has 1 amide bonds. The van der Waals surface area contributed by atoms with Crippen molar-refractivity contribution in [3.8, 4) is 0 Å². The van der Waals surface area contributed by atoms with Gasteiger partial charge in [-0.1, -0.05) is 42.6 Å². The monoisotopic (exact) mass is 371 g/mol. The Bertz CT molecular complexity index is 802. The Balaban J connectivity index is 1.75. The average Bonchev–Trinajstić information content (AvgIpc) is 2.83. The predicted octanol–water partition coefficient (Wildman–Crippen LogP) is 4.62. The van der Waals surface area contributed by atoms with Gasteiger partial charge in [0.05, 0.1) is 12.2 Å². The van der Waals surface area contributed by atoms with Crippen LogP contribution < -0.4 is 0 Å². The van der Waals surface area contributed by atoms with Crippen LogP contribution >= 0.6 is 11.6 Å². The van der Waals surface area contributed by atoms with Gasteiger partial charge >= 0.3 is 0 Å². The van der Waals surface area contributed by atoms with Crippen LogP contribution in [0.25, 0.3) is 6.08 Å². The van der Waals surface area contributed by atoms with Crippen molar-refractivity contribution >= 4 is 23.6 Å². The number of aryl methyl sites for hydroxylation is 1. The molecule has 0 aliphatic carbocycles. The molecule has 5 heteroatoms. The zero-order valence-corrected chi connectivity index (χ0v) is 16.3. The molecule has 0 atom stereocenters. The zero-order valence-electron chi connectivity index (χ0n) is 15.5. The van der Waals surface area contributed by atoms with E-state index < -0.39 is 0 Å². The van der Waals surface area contributed by atoms with E-state index >= 15 is 0 Å². The van der Waals surface area contributed by atoms with Gasteiger partial charge in [0, 0.05) is 35.4 Å². The zero-order chi connectivity index (χ0) is 18.5. The van der Waals surface area contributed by atoms with Gasteiger partial charge in [0.15, 0.2) is 0 Å². The number of halogens is 1. The maximum absolute atomic E-state index is 12.5. The van der Waals surface area contributed by atoms with Gasteiger partial charge in [0.1, 0.15) is 0 Å². The first-order chi connectivity index (χ1) is 12.6. The lowest BCUT2D eigenvalue weighted by Crippen LogP contribution is -2.30. The summed E-state index contributed by atoms with van der Waals surface area (Å²) < 4.78 is 1.95. The van der Waals surface area contributed by atoms with Crippen molar-refractivity contribution in [1.29, 1.82) is 0 Å². The highest BCUT2D eigenvalue weighted by Gasteiger charge is 2.14. The number of carbonyl (C=O) groups excluding carboxylic acids is 1. The minimum Gasteiger partial charge on any atom is -0.339 e. The van der Waals surface area contributed by atoms with E-state index in [0.29, 0.717) is 6.54 Å². The van der Waals surface area contributed by atoms with Crippen molar-refractivity contribution in [3.05, 3.63) is 57.9 Å². The molecule has 0 spiro atoms. The first kappa shape index (κ1) is 18.7. The lowest BCUT2D eigenvalue weighted by atomic mass is 10.1. The Hall–Kier alpha value is -2.07. The fraction of sp³-hybridized carbons (Fsp3) is 0.429. The number of carbonyl (C=O) groups is 1. The Labute approximate surface area is 160 Å². The second kappa shape index (κ2) is 8.54. The van der Waals surface area contributed by atoms with E-state index in [9.17, 15) is 4.79 Å². The summed E-state index contributed by atoms with van der Waals surface area (Å²) in [5.74, 6) is 0.101. The van der Waals surface area contributed by atoms with Crippen LogP contribution in [0.5, 0.6) is 0 Å². The number of likely N-dealkylation sites (tertiary alicyclic amines) is 1. The molecule has 0 radical (unpaired) electrons. The smallest absolute Gasteiger partial charge is 0.246 e. The molecule has 0 saturated carbocycles. The molecule has 0 bridgehead atoms. The van der Waals surface area contributed by atoms with E-state index in [2.05, 4.69) is 5.10 Å². The third-order valence-electron chi connectivity index (χ3n) is 5.03. The number of amides is 1. The summed E-state index contributed by atoms with van der Waals surface area (Å²) in [4.78, 5) is 14.4. The molecule has 26 heavy (non-hydrogen) atoms. The van der Waals surface area contributed by atoms with Crippen molar-refractivity contribution in [1.82, 2.24) is 14.7 Å². The highest BCUT2D eigenvalue weighted by Crippen LogP contribution is 2.20. The van der Waals surface area contributed by atoms with E-state index in [0.717, 1.165) is 53.5 Å². The molecular weight excluding hydrogens is 346 g/mol. The summed E-state index contributed by atoms with van der Waals surface area (Å²) in [5, 5.41) is 5.38. The molecule has 138 valence electrons. The van der Waals surface area contributed by atoms with Crippen LogP contribution in [0.1, 0.15) is 48.2 Å². The second-order valence-corrected chi connectivity index (χ2v) is 7.31. The number of nitrogens with zero attached hydrogens (tertiary/aromatic N) is 3. The van der Waals surface area contributed by atoms with Crippen molar-refractivity contribution < 1.29 is 4.79 Å². The Morgan fingerprint density at radius 3 is 2.54 bits per heavy atom. The fourth-order valence-corrected chi connectivity index (χ4v) is 3.64. The molecule has 1 aliphatic rings. The number of benzene rings is 1. The minimum absolute atomic E-state index is 0.101. The molecule has 4 nitrogen and oxygen atoms in total. The molecule has 0 N–H and O–H groups in total.